The van der Waals surface area contributed by atoms with E-state index in [0.717, 1.165) is 37.0 Å². The number of rotatable bonds is 9. The molecule has 5 nitrogen and oxygen atoms in total. The lowest BCUT2D eigenvalue weighted by atomic mass is 10.1. The molecule has 1 rings (SSSR count). The Hall–Kier alpha value is -1.75. The molecule has 22 heavy (non-hydrogen) atoms. The average molecular weight is 307 g/mol. The molecule has 2 N–H and O–H groups in total. The van der Waals surface area contributed by atoms with Crippen molar-refractivity contribution in [2.75, 3.05) is 32.9 Å². The summed E-state index contributed by atoms with van der Waals surface area (Å²) in [7, 11) is 0. The number of nitrogens with zero attached hydrogens (tertiary/aromatic N) is 1. The van der Waals surface area contributed by atoms with Crippen molar-refractivity contribution in [1.29, 1.82) is 0 Å². The summed E-state index contributed by atoms with van der Waals surface area (Å²) in [5, 5.41) is 6.50. The molecule has 0 saturated carbocycles. The fraction of sp³-hybridized carbons (Fsp3) is 0.588. The monoisotopic (exact) mass is 307 g/mol. The van der Waals surface area contributed by atoms with Gasteiger partial charge in [0.25, 0.3) is 0 Å². The number of hydrogen-bond donors (Lipinski definition) is 2. The molecule has 0 heterocycles. The second kappa shape index (κ2) is 10.9. The van der Waals surface area contributed by atoms with Crippen LogP contribution in [0.4, 0.5) is 0 Å². The van der Waals surface area contributed by atoms with Crippen LogP contribution in [0.25, 0.3) is 0 Å². The van der Waals surface area contributed by atoms with Crippen molar-refractivity contribution < 1.29 is 9.47 Å². The second-order valence-electron chi connectivity index (χ2n) is 4.85. The highest BCUT2D eigenvalue weighted by Gasteiger charge is 2.01. The van der Waals surface area contributed by atoms with Crippen LogP contribution in [-0.2, 0) is 11.3 Å². The standard InChI is InChI=1S/C17H29N3O2/c1-5-18-17(19-10-11-21-6-2)20-13-15-8-9-16(22-7-3)14(4)12-15/h8-9,12H,5-7,10-11,13H2,1-4H3,(H2,18,19,20). The first kappa shape index (κ1) is 18.3. The van der Waals surface area contributed by atoms with Crippen molar-refractivity contribution >= 4 is 5.96 Å². The van der Waals surface area contributed by atoms with Crippen LogP contribution < -0.4 is 15.4 Å². The number of aliphatic imine (C=N–C) groups is 1. The Labute approximate surface area is 134 Å². The third-order valence-electron chi connectivity index (χ3n) is 3.05. The minimum Gasteiger partial charge on any atom is -0.494 e. The van der Waals surface area contributed by atoms with E-state index in [4.69, 9.17) is 9.47 Å². The van der Waals surface area contributed by atoms with Crippen LogP contribution in [0.1, 0.15) is 31.9 Å². The van der Waals surface area contributed by atoms with Crippen molar-refractivity contribution in [3.63, 3.8) is 0 Å². The first-order chi connectivity index (χ1) is 10.7. The Morgan fingerprint density at radius 1 is 1.14 bits per heavy atom. The normalized spacial score (nSPS) is 11.4. The van der Waals surface area contributed by atoms with E-state index in [9.17, 15) is 0 Å². The minimum absolute atomic E-state index is 0.636. The van der Waals surface area contributed by atoms with Gasteiger partial charge in [-0.2, -0.15) is 0 Å². The van der Waals surface area contributed by atoms with Gasteiger partial charge in [0.1, 0.15) is 5.75 Å². The Balaban J connectivity index is 2.59. The molecular weight excluding hydrogens is 278 g/mol. The first-order valence-electron chi connectivity index (χ1n) is 8.03. The molecule has 0 aliphatic heterocycles. The lowest BCUT2D eigenvalue weighted by molar-refractivity contribution is 0.152. The van der Waals surface area contributed by atoms with Gasteiger partial charge in [0.15, 0.2) is 5.96 Å². The Morgan fingerprint density at radius 3 is 2.59 bits per heavy atom. The predicted octanol–water partition coefficient (Wildman–Crippen LogP) is 2.49. The van der Waals surface area contributed by atoms with Crippen molar-refractivity contribution in [2.45, 2.75) is 34.2 Å². The van der Waals surface area contributed by atoms with Gasteiger partial charge in [-0.25, -0.2) is 4.99 Å². The molecule has 0 radical (unpaired) electrons. The van der Waals surface area contributed by atoms with E-state index in [1.54, 1.807) is 0 Å². The molecule has 0 aliphatic rings. The molecule has 0 atom stereocenters. The van der Waals surface area contributed by atoms with Crippen LogP contribution in [0.5, 0.6) is 5.75 Å². The number of guanidine groups is 1. The fourth-order valence-electron chi connectivity index (χ4n) is 2.03. The first-order valence-corrected chi connectivity index (χ1v) is 8.03. The van der Waals surface area contributed by atoms with E-state index in [1.807, 2.05) is 19.9 Å². The summed E-state index contributed by atoms with van der Waals surface area (Å²) in [5.41, 5.74) is 2.31. The number of nitrogens with one attached hydrogen (secondary N) is 2. The number of hydrogen-bond acceptors (Lipinski definition) is 3. The fourth-order valence-corrected chi connectivity index (χ4v) is 2.03. The van der Waals surface area contributed by atoms with Gasteiger partial charge in [-0.15, -0.1) is 0 Å². The molecular formula is C17H29N3O2. The highest BCUT2D eigenvalue weighted by Crippen LogP contribution is 2.19. The summed E-state index contributed by atoms with van der Waals surface area (Å²) >= 11 is 0. The molecule has 0 saturated heterocycles. The molecule has 124 valence electrons. The maximum absolute atomic E-state index is 5.56. The van der Waals surface area contributed by atoms with Crippen LogP contribution in [0.15, 0.2) is 23.2 Å². The van der Waals surface area contributed by atoms with Crippen molar-refractivity contribution in [3.8, 4) is 5.75 Å². The summed E-state index contributed by atoms with van der Waals surface area (Å²) in [6, 6.07) is 6.20. The summed E-state index contributed by atoms with van der Waals surface area (Å²) in [6.07, 6.45) is 0. The van der Waals surface area contributed by atoms with Crippen molar-refractivity contribution in [3.05, 3.63) is 29.3 Å². The van der Waals surface area contributed by atoms with Gasteiger partial charge in [-0.1, -0.05) is 12.1 Å². The summed E-state index contributed by atoms with van der Waals surface area (Å²) in [6.45, 7) is 12.4. The largest absolute Gasteiger partial charge is 0.494 e. The highest BCUT2D eigenvalue weighted by molar-refractivity contribution is 5.79. The second-order valence-corrected chi connectivity index (χ2v) is 4.85. The van der Waals surface area contributed by atoms with Crippen molar-refractivity contribution in [2.24, 2.45) is 4.99 Å². The summed E-state index contributed by atoms with van der Waals surface area (Å²) in [4.78, 5) is 4.60. The lowest BCUT2D eigenvalue weighted by Gasteiger charge is -2.12. The Kier molecular flexibility index (Phi) is 9.07. The zero-order valence-electron chi connectivity index (χ0n) is 14.2. The van der Waals surface area contributed by atoms with E-state index < -0.39 is 0 Å². The summed E-state index contributed by atoms with van der Waals surface area (Å²) < 4.78 is 10.9. The molecule has 1 aromatic rings. The Morgan fingerprint density at radius 2 is 1.95 bits per heavy atom. The highest BCUT2D eigenvalue weighted by atomic mass is 16.5. The van der Waals surface area contributed by atoms with Gasteiger partial charge in [-0.3, -0.25) is 0 Å². The van der Waals surface area contributed by atoms with E-state index in [0.29, 0.717) is 19.8 Å². The molecule has 0 spiro atoms. The van der Waals surface area contributed by atoms with Crippen molar-refractivity contribution in [1.82, 2.24) is 10.6 Å². The quantitative estimate of drug-likeness (QED) is 0.418. The van der Waals surface area contributed by atoms with Gasteiger partial charge in [0.05, 0.1) is 19.8 Å². The molecule has 0 aromatic heterocycles. The SMILES string of the molecule is CCNC(=NCc1ccc(OCC)c(C)c1)NCCOCC. The van der Waals surface area contributed by atoms with Crippen LogP contribution in [0, 0.1) is 6.92 Å². The topological polar surface area (TPSA) is 54.9 Å². The van der Waals surface area contributed by atoms with Gasteiger partial charge in [-0.05, 0) is 44.9 Å². The van der Waals surface area contributed by atoms with E-state index in [-0.39, 0.29) is 0 Å². The Bertz CT molecular complexity index is 461. The van der Waals surface area contributed by atoms with Crippen LogP contribution in [0.2, 0.25) is 0 Å². The van der Waals surface area contributed by atoms with E-state index in [1.165, 1.54) is 5.56 Å². The average Bonchev–Trinajstić information content (AvgIpc) is 2.51. The smallest absolute Gasteiger partial charge is 0.191 e. The predicted molar refractivity (Wildman–Crippen MR) is 91.7 cm³/mol. The van der Waals surface area contributed by atoms with Gasteiger partial charge >= 0.3 is 0 Å². The minimum atomic E-state index is 0.636. The molecule has 5 heteroatoms. The van der Waals surface area contributed by atoms with Crippen LogP contribution in [-0.4, -0.2) is 38.9 Å². The maximum Gasteiger partial charge on any atom is 0.191 e. The number of ether oxygens (including phenoxy) is 2. The van der Waals surface area contributed by atoms with E-state index >= 15 is 0 Å². The molecule has 0 fully saturated rings. The number of benzene rings is 1. The van der Waals surface area contributed by atoms with Crippen LogP contribution >= 0.6 is 0 Å². The van der Waals surface area contributed by atoms with Gasteiger partial charge in [0, 0.05) is 19.7 Å². The van der Waals surface area contributed by atoms with Gasteiger partial charge < -0.3 is 20.1 Å². The maximum atomic E-state index is 5.56. The molecule has 0 unspecified atom stereocenters. The number of aryl methyl sites for hydroxylation is 1. The molecule has 0 aliphatic carbocycles. The zero-order valence-corrected chi connectivity index (χ0v) is 14.2. The van der Waals surface area contributed by atoms with E-state index in [2.05, 4.69) is 41.6 Å². The lowest BCUT2D eigenvalue weighted by Crippen LogP contribution is -2.39. The molecule has 1 aromatic carbocycles. The van der Waals surface area contributed by atoms with Crippen LogP contribution in [0.3, 0.4) is 0 Å². The molecule has 0 bridgehead atoms. The third kappa shape index (κ3) is 6.80. The zero-order chi connectivity index (χ0) is 16.2. The third-order valence-corrected chi connectivity index (χ3v) is 3.05. The molecule has 0 amide bonds. The summed E-state index contributed by atoms with van der Waals surface area (Å²) in [5.74, 6) is 1.76. The van der Waals surface area contributed by atoms with Gasteiger partial charge in [0.2, 0.25) is 0 Å².